The third-order valence-electron chi connectivity index (χ3n) is 5.03. The Morgan fingerprint density at radius 2 is 2.00 bits per heavy atom. The van der Waals surface area contributed by atoms with E-state index in [1.165, 1.54) is 0 Å². The van der Waals surface area contributed by atoms with Crippen LogP contribution in [-0.4, -0.2) is 33.6 Å². The van der Waals surface area contributed by atoms with Gasteiger partial charge in [0.2, 0.25) is 5.91 Å². The second-order valence-corrected chi connectivity index (χ2v) is 6.96. The monoisotopic (exact) mass is 404 g/mol. The van der Waals surface area contributed by atoms with Gasteiger partial charge in [0.25, 0.3) is 0 Å². The van der Waals surface area contributed by atoms with Crippen LogP contribution in [0.15, 0.2) is 42.7 Å². The topological polar surface area (TPSA) is 88.5 Å². The van der Waals surface area contributed by atoms with Crippen LogP contribution in [0.25, 0.3) is 5.52 Å². The van der Waals surface area contributed by atoms with Crippen molar-refractivity contribution >= 4 is 28.7 Å². The van der Waals surface area contributed by atoms with Crippen LogP contribution in [0.5, 0.6) is 0 Å². The standard InChI is InChI=1S/C19H19F3N6O/c20-19(21,22)14-9-15(28-16(14)17(23)24-11-25-28)27-8-4-5-12(10-27)18(29)26-13-6-2-1-3-7-13/h1-3,6-7,9,11-12H,4-5,8,10H2,(H,26,29)(H2,23,24,25). The Hall–Kier alpha value is -3.30. The molecular weight excluding hydrogens is 385 g/mol. The summed E-state index contributed by atoms with van der Waals surface area (Å²) in [6.45, 7) is 0.800. The smallest absolute Gasteiger partial charge is 0.382 e. The first-order valence-corrected chi connectivity index (χ1v) is 9.15. The number of hydrogen-bond acceptors (Lipinski definition) is 5. The Balaban J connectivity index is 1.63. The lowest BCUT2D eigenvalue weighted by atomic mass is 9.97. The Morgan fingerprint density at radius 1 is 1.24 bits per heavy atom. The highest BCUT2D eigenvalue weighted by molar-refractivity contribution is 5.93. The highest BCUT2D eigenvalue weighted by Crippen LogP contribution is 2.39. The summed E-state index contributed by atoms with van der Waals surface area (Å²) < 4.78 is 41.7. The number of amides is 1. The molecule has 1 saturated heterocycles. The lowest BCUT2D eigenvalue weighted by molar-refractivity contribution is -0.136. The maximum Gasteiger partial charge on any atom is 0.418 e. The number of nitrogens with one attached hydrogen (secondary N) is 1. The zero-order valence-electron chi connectivity index (χ0n) is 15.4. The van der Waals surface area contributed by atoms with Gasteiger partial charge in [0, 0.05) is 18.8 Å². The molecule has 1 amide bonds. The summed E-state index contributed by atoms with van der Waals surface area (Å²) in [5.41, 5.74) is 5.23. The Morgan fingerprint density at radius 3 is 2.72 bits per heavy atom. The van der Waals surface area contributed by atoms with Crippen molar-refractivity contribution in [2.75, 3.05) is 29.0 Å². The van der Waals surface area contributed by atoms with Crippen LogP contribution in [0.4, 0.5) is 30.5 Å². The first-order chi connectivity index (χ1) is 13.8. The summed E-state index contributed by atoms with van der Waals surface area (Å²) in [5, 5.41) is 6.83. The number of anilines is 3. The summed E-state index contributed by atoms with van der Waals surface area (Å²) in [4.78, 5) is 18.1. The lowest BCUT2D eigenvalue weighted by Crippen LogP contribution is -2.41. The summed E-state index contributed by atoms with van der Waals surface area (Å²) in [6, 6.07) is 10.1. The van der Waals surface area contributed by atoms with E-state index in [1.807, 2.05) is 18.2 Å². The van der Waals surface area contributed by atoms with E-state index < -0.39 is 11.7 Å². The largest absolute Gasteiger partial charge is 0.418 e. The predicted octanol–water partition coefficient (Wildman–Crippen LogP) is 3.19. The normalized spacial score (nSPS) is 17.5. The average molecular weight is 404 g/mol. The van der Waals surface area contributed by atoms with E-state index in [0.717, 1.165) is 16.9 Å². The van der Waals surface area contributed by atoms with E-state index in [0.29, 0.717) is 25.1 Å². The number of carbonyl (C=O) groups excluding carboxylic acids is 1. The van der Waals surface area contributed by atoms with Gasteiger partial charge in [0.1, 0.15) is 17.7 Å². The number of carbonyl (C=O) groups is 1. The predicted molar refractivity (Wildman–Crippen MR) is 102 cm³/mol. The number of hydrogen-bond donors (Lipinski definition) is 2. The van der Waals surface area contributed by atoms with Crippen LogP contribution >= 0.6 is 0 Å². The third kappa shape index (κ3) is 3.69. The molecule has 3 aromatic rings. The van der Waals surface area contributed by atoms with E-state index in [9.17, 15) is 18.0 Å². The summed E-state index contributed by atoms with van der Waals surface area (Å²) >= 11 is 0. The zero-order valence-corrected chi connectivity index (χ0v) is 15.4. The van der Waals surface area contributed by atoms with Crippen LogP contribution in [-0.2, 0) is 11.0 Å². The minimum atomic E-state index is -4.60. The molecule has 0 saturated carbocycles. The molecule has 2 aromatic heterocycles. The molecule has 1 atom stereocenters. The first kappa shape index (κ1) is 19.0. The fourth-order valence-corrected chi connectivity index (χ4v) is 3.66. The fourth-order valence-electron chi connectivity index (χ4n) is 3.66. The van der Waals surface area contributed by atoms with Gasteiger partial charge in [-0.1, -0.05) is 18.2 Å². The molecule has 1 fully saturated rings. The summed E-state index contributed by atoms with van der Waals surface area (Å²) in [7, 11) is 0. The van der Waals surface area contributed by atoms with E-state index in [4.69, 9.17) is 5.73 Å². The van der Waals surface area contributed by atoms with Gasteiger partial charge in [-0.2, -0.15) is 18.3 Å². The van der Waals surface area contributed by atoms with Gasteiger partial charge in [-0.3, -0.25) is 4.79 Å². The quantitative estimate of drug-likeness (QED) is 0.700. The van der Waals surface area contributed by atoms with Crippen LogP contribution < -0.4 is 16.0 Å². The molecule has 1 aromatic carbocycles. The maximum absolute atomic E-state index is 13.5. The summed E-state index contributed by atoms with van der Waals surface area (Å²) in [6.07, 6.45) is -2.15. The number of benzene rings is 1. The van der Waals surface area contributed by atoms with E-state index in [2.05, 4.69) is 15.4 Å². The number of nitrogen functional groups attached to an aromatic ring is 1. The van der Waals surface area contributed by atoms with Gasteiger partial charge < -0.3 is 16.0 Å². The molecule has 152 valence electrons. The van der Waals surface area contributed by atoms with Crippen molar-refractivity contribution in [3.8, 4) is 0 Å². The van der Waals surface area contributed by atoms with Crippen LogP contribution in [0.1, 0.15) is 18.4 Å². The lowest BCUT2D eigenvalue weighted by Gasteiger charge is -2.33. The highest BCUT2D eigenvalue weighted by Gasteiger charge is 2.38. The number of halogens is 3. The molecule has 1 aliphatic rings. The van der Waals surface area contributed by atoms with E-state index >= 15 is 0 Å². The highest BCUT2D eigenvalue weighted by atomic mass is 19.4. The molecule has 0 radical (unpaired) electrons. The molecule has 29 heavy (non-hydrogen) atoms. The Kier molecular flexibility index (Phi) is 4.77. The van der Waals surface area contributed by atoms with Crippen molar-refractivity contribution in [2.45, 2.75) is 19.0 Å². The van der Waals surface area contributed by atoms with Crippen molar-refractivity contribution in [1.29, 1.82) is 0 Å². The molecule has 0 bridgehead atoms. The van der Waals surface area contributed by atoms with Crippen molar-refractivity contribution in [3.63, 3.8) is 0 Å². The maximum atomic E-state index is 13.5. The molecule has 3 heterocycles. The minimum Gasteiger partial charge on any atom is -0.382 e. The number of aromatic nitrogens is 3. The van der Waals surface area contributed by atoms with Gasteiger partial charge >= 0.3 is 6.18 Å². The van der Waals surface area contributed by atoms with Gasteiger partial charge in [-0.15, -0.1) is 0 Å². The molecule has 0 spiro atoms. The number of nitrogens with two attached hydrogens (primary N) is 1. The fraction of sp³-hybridized carbons (Fsp3) is 0.316. The molecule has 7 nitrogen and oxygen atoms in total. The molecule has 1 aliphatic heterocycles. The SMILES string of the molecule is Nc1ncnn2c(N3CCCC(C(=O)Nc4ccccc4)C3)cc(C(F)(F)F)c12. The van der Waals surface area contributed by atoms with Crippen molar-refractivity contribution in [1.82, 2.24) is 14.6 Å². The zero-order chi connectivity index (χ0) is 20.6. The number of piperidine rings is 1. The number of para-hydroxylation sites is 1. The molecule has 10 heteroatoms. The third-order valence-corrected chi connectivity index (χ3v) is 5.03. The van der Waals surface area contributed by atoms with Gasteiger partial charge in [0.05, 0.1) is 11.5 Å². The van der Waals surface area contributed by atoms with Crippen molar-refractivity contribution < 1.29 is 18.0 Å². The second kappa shape index (κ2) is 7.26. The summed E-state index contributed by atoms with van der Waals surface area (Å²) in [5.74, 6) is -0.512. The molecular formula is C19H19F3N6O. The van der Waals surface area contributed by atoms with E-state index in [1.54, 1.807) is 17.0 Å². The van der Waals surface area contributed by atoms with Crippen molar-refractivity contribution in [3.05, 3.63) is 48.3 Å². The molecule has 3 N–H and O–H groups in total. The van der Waals surface area contributed by atoms with Crippen LogP contribution in [0, 0.1) is 5.92 Å². The van der Waals surface area contributed by atoms with Crippen LogP contribution in [0.3, 0.4) is 0 Å². The Bertz CT molecular complexity index is 1030. The second-order valence-electron chi connectivity index (χ2n) is 6.96. The van der Waals surface area contributed by atoms with Crippen LogP contribution in [0.2, 0.25) is 0 Å². The number of fused-ring (bicyclic) bond motifs is 1. The first-order valence-electron chi connectivity index (χ1n) is 9.15. The number of nitrogens with zero attached hydrogens (tertiary/aromatic N) is 4. The van der Waals surface area contributed by atoms with Crippen molar-refractivity contribution in [2.24, 2.45) is 5.92 Å². The van der Waals surface area contributed by atoms with Gasteiger partial charge in [-0.25, -0.2) is 9.50 Å². The minimum absolute atomic E-state index is 0.160. The molecule has 1 unspecified atom stereocenters. The molecule has 4 rings (SSSR count). The van der Waals surface area contributed by atoms with E-state index in [-0.39, 0.29) is 35.5 Å². The number of alkyl halides is 3. The van der Waals surface area contributed by atoms with Gasteiger partial charge in [0.15, 0.2) is 5.82 Å². The Labute approximate surface area is 164 Å². The van der Waals surface area contributed by atoms with Gasteiger partial charge in [-0.05, 0) is 31.0 Å². The average Bonchev–Trinajstić information content (AvgIpc) is 3.10. The number of rotatable bonds is 3. The molecule has 0 aliphatic carbocycles.